The van der Waals surface area contributed by atoms with Crippen molar-refractivity contribution in [1.29, 1.82) is 0 Å². The molecule has 1 N–H and O–H groups in total. The number of anilines is 1. The Kier molecular flexibility index (Phi) is 3.28. The van der Waals surface area contributed by atoms with E-state index in [0.29, 0.717) is 16.8 Å². The Hall–Kier alpha value is -1.62. The zero-order valence-electron chi connectivity index (χ0n) is 9.12. The number of amides is 1. The number of nitrogens with one attached hydrogen (secondary N) is 1. The van der Waals surface area contributed by atoms with Gasteiger partial charge in [0, 0.05) is 21.8 Å². The van der Waals surface area contributed by atoms with Crippen LogP contribution in [0, 0.1) is 0 Å². The number of hydrogen-bond acceptors (Lipinski definition) is 3. The van der Waals surface area contributed by atoms with E-state index in [1.165, 1.54) is 6.08 Å². The van der Waals surface area contributed by atoms with E-state index in [1.807, 2.05) is 6.07 Å². The van der Waals surface area contributed by atoms with Crippen LogP contribution in [0.3, 0.4) is 0 Å². The number of carbonyl (C=O) groups excluding carboxylic acids is 2. The second-order valence-electron chi connectivity index (χ2n) is 3.45. The first-order valence-electron chi connectivity index (χ1n) is 5.11. The molecule has 0 atom stereocenters. The Bertz CT molecular complexity index is 522. The van der Waals surface area contributed by atoms with E-state index in [4.69, 9.17) is 4.74 Å². The van der Waals surface area contributed by atoms with Crippen molar-refractivity contribution in [1.82, 2.24) is 0 Å². The summed E-state index contributed by atoms with van der Waals surface area (Å²) >= 11 is 3.33. The first kappa shape index (κ1) is 11.9. The largest absolute Gasteiger partial charge is 0.463 e. The van der Waals surface area contributed by atoms with Gasteiger partial charge in [0.2, 0.25) is 0 Å². The lowest BCUT2D eigenvalue weighted by Gasteiger charge is -1.99. The molecule has 5 heteroatoms. The quantitative estimate of drug-likeness (QED) is 0.673. The van der Waals surface area contributed by atoms with Gasteiger partial charge in [-0.2, -0.15) is 0 Å². The molecule has 2 rings (SSSR count). The molecule has 1 aromatic carbocycles. The molecule has 1 amide bonds. The van der Waals surface area contributed by atoms with Crippen molar-refractivity contribution in [3.05, 3.63) is 34.3 Å². The molecular weight excluding hydrogens is 286 g/mol. The Labute approximate surface area is 107 Å². The summed E-state index contributed by atoms with van der Waals surface area (Å²) in [5.74, 6) is -0.795. The van der Waals surface area contributed by atoms with Gasteiger partial charge in [-0.05, 0) is 25.1 Å². The predicted molar refractivity (Wildman–Crippen MR) is 67.4 cm³/mol. The van der Waals surface area contributed by atoms with Crippen molar-refractivity contribution < 1.29 is 14.3 Å². The minimum atomic E-state index is -0.509. The van der Waals surface area contributed by atoms with Crippen LogP contribution in [0.15, 0.2) is 28.7 Å². The predicted octanol–water partition coefficient (Wildman–Crippen LogP) is 2.35. The van der Waals surface area contributed by atoms with Gasteiger partial charge in [0.1, 0.15) is 0 Å². The van der Waals surface area contributed by atoms with Gasteiger partial charge in [-0.15, -0.1) is 0 Å². The summed E-state index contributed by atoms with van der Waals surface area (Å²) in [4.78, 5) is 23.0. The number of hydrogen-bond donors (Lipinski definition) is 1. The molecule has 17 heavy (non-hydrogen) atoms. The summed E-state index contributed by atoms with van der Waals surface area (Å²) in [7, 11) is 0. The average Bonchev–Trinajstić information content (AvgIpc) is 2.56. The fourth-order valence-electron chi connectivity index (χ4n) is 1.61. The van der Waals surface area contributed by atoms with Crippen LogP contribution >= 0.6 is 15.9 Å². The molecule has 88 valence electrons. The molecule has 1 aliphatic heterocycles. The number of rotatable bonds is 2. The zero-order chi connectivity index (χ0) is 12.4. The van der Waals surface area contributed by atoms with Crippen molar-refractivity contribution in [3.63, 3.8) is 0 Å². The van der Waals surface area contributed by atoms with Gasteiger partial charge in [-0.1, -0.05) is 15.9 Å². The van der Waals surface area contributed by atoms with Crippen LogP contribution in [0.4, 0.5) is 5.69 Å². The number of halogens is 1. The fourth-order valence-corrected chi connectivity index (χ4v) is 1.97. The molecule has 0 bridgehead atoms. The van der Waals surface area contributed by atoms with Gasteiger partial charge < -0.3 is 10.1 Å². The van der Waals surface area contributed by atoms with Crippen molar-refractivity contribution in [2.45, 2.75) is 6.92 Å². The van der Waals surface area contributed by atoms with Gasteiger partial charge in [-0.25, -0.2) is 4.79 Å². The number of fused-ring (bicyclic) bond motifs is 1. The Morgan fingerprint density at radius 3 is 3.00 bits per heavy atom. The van der Waals surface area contributed by atoms with Crippen LogP contribution in [0.25, 0.3) is 5.57 Å². The number of esters is 1. The highest BCUT2D eigenvalue weighted by molar-refractivity contribution is 9.10. The van der Waals surface area contributed by atoms with E-state index in [2.05, 4.69) is 21.2 Å². The van der Waals surface area contributed by atoms with E-state index >= 15 is 0 Å². The topological polar surface area (TPSA) is 55.4 Å². The van der Waals surface area contributed by atoms with Gasteiger partial charge in [-0.3, -0.25) is 4.79 Å². The second-order valence-corrected chi connectivity index (χ2v) is 4.37. The molecule has 0 aromatic heterocycles. The van der Waals surface area contributed by atoms with Crippen LogP contribution in [0.5, 0.6) is 0 Å². The van der Waals surface area contributed by atoms with Crippen molar-refractivity contribution in [2.24, 2.45) is 0 Å². The summed E-state index contributed by atoms with van der Waals surface area (Å²) in [6.45, 7) is 2.01. The number of benzene rings is 1. The standard InChI is InChI=1S/C12H10BrNO3/c1-2-17-11(15)6-9-8-5-7(13)3-4-10(8)14-12(9)16/h3-6H,2H2,1H3,(H,14,16)/b9-6-. The molecular formula is C12H10BrNO3. The summed E-state index contributed by atoms with van der Waals surface area (Å²) in [6.07, 6.45) is 1.22. The Morgan fingerprint density at radius 1 is 1.53 bits per heavy atom. The average molecular weight is 296 g/mol. The minimum absolute atomic E-state index is 0.286. The molecule has 0 fully saturated rings. The minimum Gasteiger partial charge on any atom is -0.463 e. The zero-order valence-corrected chi connectivity index (χ0v) is 10.7. The molecule has 0 saturated heterocycles. The number of ether oxygens (including phenoxy) is 1. The maximum atomic E-state index is 11.7. The van der Waals surface area contributed by atoms with E-state index < -0.39 is 5.97 Å². The second kappa shape index (κ2) is 4.71. The number of carbonyl (C=O) groups is 2. The summed E-state index contributed by atoms with van der Waals surface area (Å²) in [5, 5.41) is 2.69. The monoisotopic (exact) mass is 295 g/mol. The maximum Gasteiger partial charge on any atom is 0.331 e. The maximum absolute atomic E-state index is 11.7. The van der Waals surface area contributed by atoms with Crippen LogP contribution in [0.2, 0.25) is 0 Å². The first-order valence-corrected chi connectivity index (χ1v) is 5.91. The molecule has 0 unspecified atom stereocenters. The van der Waals surface area contributed by atoms with Crippen LogP contribution in [-0.4, -0.2) is 18.5 Å². The highest BCUT2D eigenvalue weighted by Gasteiger charge is 2.25. The van der Waals surface area contributed by atoms with Gasteiger partial charge in [0.15, 0.2) is 0 Å². The van der Waals surface area contributed by atoms with Crippen molar-refractivity contribution >= 4 is 39.1 Å². The Morgan fingerprint density at radius 2 is 2.29 bits per heavy atom. The third-order valence-corrected chi connectivity index (χ3v) is 2.81. The molecule has 0 spiro atoms. The molecule has 1 aliphatic rings. The Balaban J connectivity index is 2.40. The SMILES string of the molecule is CCOC(=O)/C=C1\C(=O)Nc2ccc(Br)cc21. The summed E-state index contributed by atoms with van der Waals surface area (Å²) < 4.78 is 5.64. The normalized spacial score (nSPS) is 15.6. The third-order valence-electron chi connectivity index (χ3n) is 2.31. The molecule has 0 aliphatic carbocycles. The van der Waals surface area contributed by atoms with Crippen molar-refractivity contribution in [3.8, 4) is 0 Å². The van der Waals surface area contributed by atoms with Gasteiger partial charge in [0.25, 0.3) is 5.91 Å². The highest BCUT2D eigenvalue weighted by atomic mass is 79.9. The van der Waals surface area contributed by atoms with Crippen LogP contribution in [-0.2, 0) is 14.3 Å². The summed E-state index contributed by atoms with van der Waals surface area (Å²) in [5.41, 5.74) is 1.74. The first-order chi connectivity index (χ1) is 8.11. The highest BCUT2D eigenvalue weighted by Crippen LogP contribution is 2.33. The molecule has 4 nitrogen and oxygen atoms in total. The van der Waals surface area contributed by atoms with E-state index in [0.717, 1.165) is 4.47 Å². The van der Waals surface area contributed by atoms with E-state index in [-0.39, 0.29) is 12.5 Å². The van der Waals surface area contributed by atoms with E-state index in [1.54, 1.807) is 19.1 Å². The van der Waals surface area contributed by atoms with Gasteiger partial charge in [0.05, 0.1) is 12.2 Å². The van der Waals surface area contributed by atoms with Crippen LogP contribution < -0.4 is 5.32 Å². The molecule has 0 saturated carbocycles. The van der Waals surface area contributed by atoms with Crippen molar-refractivity contribution in [2.75, 3.05) is 11.9 Å². The van der Waals surface area contributed by atoms with Crippen LogP contribution in [0.1, 0.15) is 12.5 Å². The fraction of sp³-hybridized carbons (Fsp3) is 0.167. The third kappa shape index (κ3) is 2.39. The lowest BCUT2D eigenvalue weighted by molar-refractivity contribution is -0.137. The van der Waals surface area contributed by atoms with E-state index in [9.17, 15) is 9.59 Å². The molecule has 0 radical (unpaired) electrons. The molecule has 1 aromatic rings. The lowest BCUT2D eigenvalue weighted by atomic mass is 10.1. The van der Waals surface area contributed by atoms with Gasteiger partial charge >= 0.3 is 5.97 Å². The summed E-state index contributed by atoms with van der Waals surface area (Å²) in [6, 6.07) is 5.40. The smallest absolute Gasteiger partial charge is 0.331 e. The molecule has 1 heterocycles. The lowest BCUT2D eigenvalue weighted by Crippen LogP contribution is -2.07.